The van der Waals surface area contributed by atoms with Crippen LogP contribution in [0.25, 0.3) is 0 Å². The summed E-state index contributed by atoms with van der Waals surface area (Å²) in [6, 6.07) is 0. The van der Waals surface area contributed by atoms with Crippen LogP contribution in [0.2, 0.25) is 0 Å². The fourth-order valence-electron chi connectivity index (χ4n) is 1.02. The minimum Gasteiger partial charge on any atom is -0.362 e. The predicted molar refractivity (Wildman–Crippen MR) is 49.1 cm³/mol. The van der Waals surface area contributed by atoms with Gasteiger partial charge in [-0.2, -0.15) is 13.5 Å². The maximum Gasteiger partial charge on any atom is 0.0890 e. The molecule has 0 unspecified atom stereocenters. The molecule has 3 heteroatoms. The van der Waals surface area contributed by atoms with Gasteiger partial charge in [0.2, 0.25) is 0 Å². The lowest BCUT2D eigenvalue weighted by atomic mass is 10.4. The quantitative estimate of drug-likeness (QED) is 0.598. The monoisotopic (exact) mass is 160 g/mol. The largest absolute Gasteiger partial charge is 0.362 e. The number of hydrogen-bond acceptors (Lipinski definition) is 2. The molecule has 0 fully saturated rings. The third-order valence-electron chi connectivity index (χ3n) is 1.45. The van der Waals surface area contributed by atoms with Crippen molar-refractivity contribution in [3.05, 3.63) is 12.4 Å². The molecule has 0 spiro atoms. The van der Waals surface area contributed by atoms with Crippen molar-refractivity contribution >= 4 is 13.5 Å². The van der Waals surface area contributed by atoms with E-state index in [-0.39, 0.29) is 13.5 Å². The lowest BCUT2D eigenvalue weighted by Gasteiger charge is -2.16. The van der Waals surface area contributed by atoms with E-state index in [0.717, 1.165) is 6.67 Å². The van der Waals surface area contributed by atoms with Crippen molar-refractivity contribution in [1.82, 2.24) is 9.80 Å². The van der Waals surface area contributed by atoms with E-state index in [0.29, 0.717) is 0 Å². The Hall–Kier alpha value is -0.310. The van der Waals surface area contributed by atoms with Gasteiger partial charge in [-0.05, 0) is 6.42 Å². The highest BCUT2D eigenvalue weighted by Gasteiger charge is 2.04. The minimum absolute atomic E-state index is 0. The van der Waals surface area contributed by atoms with Crippen molar-refractivity contribution in [2.24, 2.45) is 0 Å². The second-order valence-corrected chi connectivity index (χ2v) is 2.51. The van der Waals surface area contributed by atoms with Gasteiger partial charge in [0.15, 0.2) is 0 Å². The van der Waals surface area contributed by atoms with Crippen molar-refractivity contribution in [2.75, 3.05) is 20.3 Å². The van der Waals surface area contributed by atoms with Crippen LogP contribution >= 0.6 is 13.5 Å². The minimum atomic E-state index is 0. The Labute approximate surface area is 69.9 Å². The lowest BCUT2D eigenvalue weighted by Crippen LogP contribution is -2.22. The Morgan fingerprint density at radius 1 is 1.40 bits per heavy atom. The van der Waals surface area contributed by atoms with Gasteiger partial charge in [-0.1, -0.05) is 6.92 Å². The summed E-state index contributed by atoms with van der Waals surface area (Å²) in [6.45, 7) is 4.45. The summed E-state index contributed by atoms with van der Waals surface area (Å²) >= 11 is 0. The van der Waals surface area contributed by atoms with Gasteiger partial charge in [0.05, 0.1) is 6.67 Å². The molecule has 0 amide bonds. The van der Waals surface area contributed by atoms with Crippen LogP contribution in [-0.2, 0) is 0 Å². The van der Waals surface area contributed by atoms with Crippen molar-refractivity contribution in [1.29, 1.82) is 0 Å². The van der Waals surface area contributed by atoms with Gasteiger partial charge in [-0.3, -0.25) is 0 Å². The highest BCUT2D eigenvalue weighted by molar-refractivity contribution is 7.59. The average molecular weight is 160 g/mol. The first-order chi connectivity index (χ1) is 4.33. The number of nitrogens with zero attached hydrogens (tertiary/aromatic N) is 2. The highest BCUT2D eigenvalue weighted by Crippen LogP contribution is 2.02. The molecule has 1 aliphatic rings. The van der Waals surface area contributed by atoms with Crippen LogP contribution in [-0.4, -0.2) is 30.1 Å². The summed E-state index contributed by atoms with van der Waals surface area (Å²) in [6.07, 6.45) is 5.48. The molecule has 0 saturated carbocycles. The summed E-state index contributed by atoms with van der Waals surface area (Å²) in [4.78, 5) is 4.48. The third-order valence-corrected chi connectivity index (χ3v) is 1.45. The van der Waals surface area contributed by atoms with E-state index in [2.05, 4.69) is 36.2 Å². The Morgan fingerprint density at radius 3 is 2.50 bits per heavy atom. The van der Waals surface area contributed by atoms with Crippen LogP contribution in [0.5, 0.6) is 0 Å². The maximum absolute atomic E-state index is 2.31. The molecule has 0 atom stereocenters. The summed E-state index contributed by atoms with van der Waals surface area (Å²) in [5.74, 6) is 0. The Morgan fingerprint density at radius 2 is 2.10 bits per heavy atom. The third kappa shape index (κ3) is 2.52. The molecule has 0 N–H and O–H groups in total. The molecule has 0 bridgehead atoms. The van der Waals surface area contributed by atoms with E-state index in [4.69, 9.17) is 0 Å². The standard InChI is InChI=1S/C7H14N2.H2S/c1-3-4-9-6-5-8(2)7-9;/h5-6H,3-4,7H2,1-2H3;1H2. The fourth-order valence-corrected chi connectivity index (χ4v) is 1.02. The smallest absolute Gasteiger partial charge is 0.0890 e. The molecule has 2 nitrogen and oxygen atoms in total. The molecule has 0 aromatic rings. The molecule has 0 aliphatic carbocycles. The van der Waals surface area contributed by atoms with Gasteiger partial charge in [-0.15, -0.1) is 0 Å². The predicted octanol–water partition coefficient (Wildman–Crippen LogP) is 1.19. The second-order valence-electron chi connectivity index (χ2n) is 2.51. The van der Waals surface area contributed by atoms with Gasteiger partial charge >= 0.3 is 0 Å². The molecule has 0 aromatic heterocycles. The molecule has 1 rings (SSSR count). The van der Waals surface area contributed by atoms with Crippen LogP contribution in [0.3, 0.4) is 0 Å². The van der Waals surface area contributed by atoms with Crippen LogP contribution in [0, 0.1) is 0 Å². The van der Waals surface area contributed by atoms with Gasteiger partial charge in [0.25, 0.3) is 0 Å². The zero-order chi connectivity index (χ0) is 6.69. The Bertz CT molecular complexity index is 114. The summed E-state index contributed by atoms with van der Waals surface area (Å²) in [5.41, 5.74) is 0. The van der Waals surface area contributed by atoms with Crippen molar-refractivity contribution in [3.8, 4) is 0 Å². The highest BCUT2D eigenvalue weighted by atomic mass is 32.1. The van der Waals surface area contributed by atoms with Crippen LogP contribution in [0.1, 0.15) is 13.3 Å². The number of hydrogen-bond donors (Lipinski definition) is 0. The van der Waals surface area contributed by atoms with Gasteiger partial charge in [-0.25, -0.2) is 0 Å². The Kier molecular flexibility index (Phi) is 4.36. The molecule has 1 aliphatic heterocycles. The first-order valence-electron chi connectivity index (χ1n) is 3.45. The first-order valence-corrected chi connectivity index (χ1v) is 3.45. The van der Waals surface area contributed by atoms with Gasteiger partial charge < -0.3 is 9.80 Å². The molecule has 10 heavy (non-hydrogen) atoms. The second kappa shape index (κ2) is 4.50. The van der Waals surface area contributed by atoms with Gasteiger partial charge in [0.1, 0.15) is 0 Å². The van der Waals surface area contributed by atoms with Crippen LogP contribution in [0.15, 0.2) is 12.4 Å². The summed E-state index contributed by atoms with van der Waals surface area (Å²) in [5, 5.41) is 0. The van der Waals surface area contributed by atoms with Gasteiger partial charge in [0, 0.05) is 26.0 Å². The van der Waals surface area contributed by atoms with Crippen LogP contribution < -0.4 is 0 Å². The molecule has 0 radical (unpaired) electrons. The average Bonchev–Trinajstić information content (AvgIpc) is 2.17. The van der Waals surface area contributed by atoms with E-state index >= 15 is 0 Å². The first kappa shape index (κ1) is 9.69. The molecular weight excluding hydrogens is 144 g/mol. The normalized spacial score (nSPS) is 15.8. The molecular formula is C7H16N2S. The molecule has 60 valence electrons. The summed E-state index contributed by atoms with van der Waals surface area (Å²) < 4.78 is 0. The molecule has 0 saturated heterocycles. The van der Waals surface area contributed by atoms with E-state index < -0.39 is 0 Å². The topological polar surface area (TPSA) is 6.48 Å². The molecule has 1 heterocycles. The zero-order valence-corrected chi connectivity index (χ0v) is 7.67. The SMILES string of the molecule is CCCN1C=CN(C)C1.S. The number of rotatable bonds is 2. The van der Waals surface area contributed by atoms with Crippen molar-refractivity contribution in [2.45, 2.75) is 13.3 Å². The van der Waals surface area contributed by atoms with Crippen molar-refractivity contribution in [3.63, 3.8) is 0 Å². The fraction of sp³-hybridized carbons (Fsp3) is 0.714. The van der Waals surface area contributed by atoms with E-state index in [1.165, 1.54) is 13.0 Å². The zero-order valence-electron chi connectivity index (χ0n) is 6.67. The van der Waals surface area contributed by atoms with Crippen LogP contribution in [0.4, 0.5) is 0 Å². The van der Waals surface area contributed by atoms with Crippen molar-refractivity contribution < 1.29 is 0 Å². The summed E-state index contributed by atoms with van der Waals surface area (Å²) in [7, 11) is 2.09. The Balaban J connectivity index is 0.000000810. The van der Waals surface area contributed by atoms with E-state index in [1.54, 1.807) is 0 Å². The van der Waals surface area contributed by atoms with E-state index in [9.17, 15) is 0 Å². The molecule has 0 aromatic carbocycles. The lowest BCUT2D eigenvalue weighted by molar-refractivity contribution is 0.297. The maximum atomic E-state index is 2.31. The van der Waals surface area contributed by atoms with E-state index in [1.807, 2.05) is 0 Å².